The predicted octanol–water partition coefficient (Wildman–Crippen LogP) is 2.46. The maximum atomic E-state index is 11.3. The van der Waals surface area contributed by atoms with Crippen molar-refractivity contribution in [2.75, 3.05) is 14.2 Å². The fourth-order valence-electron chi connectivity index (χ4n) is 1.89. The molecule has 0 aliphatic rings. The molecule has 0 radical (unpaired) electrons. The average molecular weight is 259 g/mol. The van der Waals surface area contributed by atoms with E-state index in [1.165, 1.54) is 20.4 Å². The lowest BCUT2D eigenvalue weighted by Crippen LogP contribution is -2.04. The molecule has 1 aromatic carbocycles. The van der Waals surface area contributed by atoms with Crippen LogP contribution in [0.5, 0.6) is 11.5 Å². The number of aromatic carboxylic acids is 1. The van der Waals surface area contributed by atoms with E-state index in [4.69, 9.17) is 9.47 Å². The monoisotopic (exact) mass is 259 g/mol. The third-order valence-electron chi connectivity index (χ3n) is 2.71. The zero-order chi connectivity index (χ0) is 13.8. The number of carbonyl (C=O) groups is 1. The van der Waals surface area contributed by atoms with Crippen molar-refractivity contribution in [3.63, 3.8) is 0 Å². The number of ether oxygens (including phenoxy) is 2. The predicted molar refractivity (Wildman–Crippen MR) is 69.7 cm³/mol. The van der Waals surface area contributed by atoms with Crippen LogP contribution < -0.4 is 9.47 Å². The van der Waals surface area contributed by atoms with E-state index in [9.17, 15) is 9.90 Å². The maximum absolute atomic E-state index is 11.3. The van der Waals surface area contributed by atoms with Crippen LogP contribution >= 0.6 is 0 Å². The quantitative estimate of drug-likeness (QED) is 0.913. The van der Waals surface area contributed by atoms with Gasteiger partial charge in [-0.15, -0.1) is 0 Å². The Hall–Kier alpha value is -2.56. The van der Waals surface area contributed by atoms with Crippen molar-refractivity contribution in [2.24, 2.45) is 0 Å². The standard InChI is InChI=1S/C14H13NO4/c1-18-10-6-3-7-11(19-2)12(10)9-5-4-8-15-13(9)14(16)17/h3-8H,1-2H3,(H,16,17). The van der Waals surface area contributed by atoms with E-state index in [1.807, 2.05) is 0 Å². The van der Waals surface area contributed by atoms with Crippen LogP contribution in [-0.4, -0.2) is 30.3 Å². The summed E-state index contributed by atoms with van der Waals surface area (Å²) in [4.78, 5) is 15.1. The summed E-state index contributed by atoms with van der Waals surface area (Å²) in [5.41, 5.74) is 1.01. The molecule has 2 aromatic rings. The average Bonchev–Trinajstić information content (AvgIpc) is 2.46. The number of benzene rings is 1. The first-order chi connectivity index (χ1) is 9.19. The van der Waals surface area contributed by atoms with Crippen molar-refractivity contribution in [3.8, 4) is 22.6 Å². The van der Waals surface area contributed by atoms with E-state index in [0.717, 1.165) is 0 Å². The van der Waals surface area contributed by atoms with Gasteiger partial charge in [0.15, 0.2) is 5.69 Å². The van der Waals surface area contributed by atoms with Gasteiger partial charge in [-0.05, 0) is 18.2 Å². The lowest BCUT2D eigenvalue weighted by molar-refractivity contribution is 0.0691. The summed E-state index contributed by atoms with van der Waals surface area (Å²) in [5.74, 6) is -0.0201. The van der Waals surface area contributed by atoms with E-state index in [-0.39, 0.29) is 5.69 Å². The third-order valence-corrected chi connectivity index (χ3v) is 2.71. The van der Waals surface area contributed by atoms with Crippen molar-refractivity contribution < 1.29 is 19.4 Å². The van der Waals surface area contributed by atoms with Crippen LogP contribution in [0.3, 0.4) is 0 Å². The topological polar surface area (TPSA) is 68.7 Å². The number of pyridine rings is 1. The van der Waals surface area contributed by atoms with Crippen molar-refractivity contribution in [2.45, 2.75) is 0 Å². The molecule has 0 spiro atoms. The van der Waals surface area contributed by atoms with Gasteiger partial charge in [0.25, 0.3) is 0 Å². The Labute approximate surface area is 110 Å². The molecular weight excluding hydrogens is 246 g/mol. The van der Waals surface area contributed by atoms with Crippen molar-refractivity contribution >= 4 is 5.97 Å². The minimum atomic E-state index is -1.09. The van der Waals surface area contributed by atoms with Gasteiger partial charge in [0.1, 0.15) is 11.5 Å². The van der Waals surface area contributed by atoms with E-state index in [0.29, 0.717) is 22.6 Å². The highest BCUT2D eigenvalue weighted by Crippen LogP contribution is 2.39. The second kappa shape index (κ2) is 5.39. The van der Waals surface area contributed by atoms with Gasteiger partial charge in [-0.25, -0.2) is 9.78 Å². The molecule has 0 fully saturated rings. The van der Waals surface area contributed by atoms with Crippen LogP contribution in [0.15, 0.2) is 36.5 Å². The minimum absolute atomic E-state index is 0.0368. The van der Waals surface area contributed by atoms with E-state index in [1.54, 1.807) is 30.3 Å². The number of carboxylic acids is 1. The smallest absolute Gasteiger partial charge is 0.355 e. The zero-order valence-electron chi connectivity index (χ0n) is 10.6. The molecule has 1 heterocycles. The normalized spacial score (nSPS) is 10.0. The molecule has 0 aliphatic heterocycles. The molecule has 0 bridgehead atoms. The first-order valence-corrected chi connectivity index (χ1v) is 5.58. The molecule has 1 aromatic heterocycles. The highest BCUT2D eigenvalue weighted by Gasteiger charge is 2.19. The van der Waals surface area contributed by atoms with Gasteiger partial charge in [0, 0.05) is 11.8 Å². The number of hydrogen-bond acceptors (Lipinski definition) is 4. The summed E-state index contributed by atoms with van der Waals surface area (Å²) >= 11 is 0. The van der Waals surface area contributed by atoms with Crippen molar-refractivity contribution in [3.05, 3.63) is 42.2 Å². The largest absolute Gasteiger partial charge is 0.496 e. The van der Waals surface area contributed by atoms with E-state index in [2.05, 4.69) is 4.98 Å². The molecule has 0 amide bonds. The van der Waals surface area contributed by atoms with Crippen LogP contribution in [-0.2, 0) is 0 Å². The van der Waals surface area contributed by atoms with Gasteiger partial charge >= 0.3 is 5.97 Å². The van der Waals surface area contributed by atoms with Crippen molar-refractivity contribution in [1.82, 2.24) is 4.98 Å². The number of hydrogen-bond donors (Lipinski definition) is 1. The van der Waals surface area contributed by atoms with Crippen molar-refractivity contribution in [1.29, 1.82) is 0 Å². The number of aromatic nitrogens is 1. The Balaban J connectivity index is 2.74. The zero-order valence-corrected chi connectivity index (χ0v) is 10.6. The highest BCUT2D eigenvalue weighted by atomic mass is 16.5. The summed E-state index contributed by atoms with van der Waals surface area (Å²) in [5, 5.41) is 9.21. The van der Waals surface area contributed by atoms with Crippen LogP contribution in [0.4, 0.5) is 0 Å². The summed E-state index contributed by atoms with van der Waals surface area (Å²) in [6, 6.07) is 8.62. The summed E-state index contributed by atoms with van der Waals surface area (Å²) in [6.07, 6.45) is 1.44. The lowest BCUT2D eigenvalue weighted by atomic mass is 10.0. The Morgan fingerprint density at radius 1 is 1.11 bits per heavy atom. The Kier molecular flexibility index (Phi) is 3.66. The molecule has 0 unspecified atom stereocenters. The van der Waals surface area contributed by atoms with Crippen LogP contribution in [0.1, 0.15) is 10.5 Å². The van der Waals surface area contributed by atoms with Crippen LogP contribution in [0, 0.1) is 0 Å². The van der Waals surface area contributed by atoms with Gasteiger partial charge in [-0.2, -0.15) is 0 Å². The fraction of sp³-hybridized carbons (Fsp3) is 0.143. The highest BCUT2D eigenvalue weighted by molar-refractivity contribution is 5.96. The second-order valence-electron chi connectivity index (χ2n) is 3.74. The third kappa shape index (κ3) is 2.35. The van der Waals surface area contributed by atoms with Gasteiger partial charge < -0.3 is 14.6 Å². The Morgan fingerprint density at radius 2 is 1.74 bits per heavy atom. The first-order valence-electron chi connectivity index (χ1n) is 5.58. The summed E-state index contributed by atoms with van der Waals surface area (Å²) in [6.45, 7) is 0. The number of carboxylic acid groups (broad SMARTS) is 1. The molecule has 1 N–H and O–H groups in total. The molecule has 5 nitrogen and oxygen atoms in total. The number of methoxy groups -OCH3 is 2. The molecule has 0 saturated carbocycles. The summed E-state index contributed by atoms with van der Waals surface area (Å²) in [7, 11) is 3.05. The second-order valence-corrected chi connectivity index (χ2v) is 3.74. The molecular formula is C14H13NO4. The SMILES string of the molecule is COc1cccc(OC)c1-c1cccnc1C(=O)O. The molecule has 19 heavy (non-hydrogen) atoms. The molecule has 0 aliphatic carbocycles. The number of rotatable bonds is 4. The fourth-order valence-corrected chi connectivity index (χ4v) is 1.89. The Bertz CT molecular complexity index is 588. The van der Waals surface area contributed by atoms with Gasteiger partial charge in [0.2, 0.25) is 0 Å². The van der Waals surface area contributed by atoms with Crippen LogP contribution in [0.25, 0.3) is 11.1 Å². The minimum Gasteiger partial charge on any atom is -0.496 e. The molecule has 0 saturated heterocycles. The van der Waals surface area contributed by atoms with Gasteiger partial charge in [0.05, 0.1) is 19.8 Å². The van der Waals surface area contributed by atoms with Gasteiger partial charge in [-0.1, -0.05) is 12.1 Å². The number of nitrogens with zero attached hydrogens (tertiary/aromatic N) is 1. The Morgan fingerprint density at radius 3 is 2.26 bits per heavy atom. The first kappa shape index (κ1) is 12.9. The molecule has 0 atom stereocenters. The maximum Gasteiger partial charge on any atom is 0.355 e. The molecule has 98 valence electrons. The van der Waals surface area contributed by atoms with Gasteiger partial charge in [-0.3, -0.25) is 0 Å². The van der Waals surface area contributed by atoms with E-state index >= 15 is 0 Å². The summed E-state index contributed by atoms with van der Waals surface area (Å²) < 4.78 is 10.6. The van der Waals surface area contributed by atoms with Crippen LogP contribution in [0.2, 0.25) is 0 Å². The molecule has 2 rings (SSSR count). The van der Waals surface area contributed by atoms with E-state index < -0.39 is 5.97 Å². The molecule has 5 heteroatoms. The lowest BCUT2D eigenvalue weighted by Gasteiger charge is -2.14.